The Morgan fingerprint density at radius 1 is 0.910 bits per heavy atom. The van der Waals surface area contributed by atoms with Crippen molar-refractivity contribution in [2.45, 2.75) is 115 Å². The number of quaternary nitrogens is 1. The Morgan fingerprint density at radius 3 is 2.09 bits per heavy atom. The molecule has 67 heavy (non-hydrogen) atoms. The maximum absolute atomic E-state index is 15.6. The Labute approximate surface area is 386 Å². The second kappa shape index (κ2) is 20.8. The van der Waals surface area contributed by atoms with E-state index in [4.69, 9.17) is 4.84 Å². The summed E-state index contributed by atoms with van der Waals surface area (Å²) in [6.45, 7) is 6.87. The number of fused-ring (bicyclic) bond motifs is 3. The molecule has 4 heterocycles. The lowest BCUT2D eigenvalue weighted by Crippen LogP contribution is -2.47. The molecule has 0 aliphatic carbocycles. The fourth-order valence-corrected chi connectivity index (χ4v) is 11.3. The van der Waals surface area contributed by atoms with Gasteiger partial charge in [0.1, 0.15) is 17.8 Å². The lowest BCUT2D eigenvalue weighted by atomic mass is 9.91. The van der Waals surface area contributed by atoms with E-state index in [2.05, 4.69) is 16.0 Å². The number of nitrogens with one attached hydrogen (secondary N) is 3. The maximum atomic E-state index is 15.6. The lowest BCUT2D eigenvalue weighted by molar-refractivity contribution is -0.862. The van der Waals surface area contributed by atoms with Gasteiger partial charge in [0.2, 0.25) is 17.7 Å². The Morgan fingerprint density at radius 2 is 1.51 bits per heavy atom. The number of allylic oxidation sites excluding steroid dienone is 1. The number of hydrogen-bond donors (Lipinski definition) is 8. The third kappa shape index (κ3) is 11.2. The second-order valence-electron chi connectivity index (χ2n) is 17.5. The molecule has 1 aromatic heterocycles. The van der Waals surface area contributed by atoms with Crippen LogP contribution in [0.3, 0.4) is 0 Å². The van der Waals surface area contributed by atoms with Gasteiger partial charge in [-0.05, 0) is 101 Å². The van der Waals surface area contributed by atoms with E-state index in [0.717, 1.165) is 15.6 Å². The molecule has 20 nitrogen and oxygen atoms in total. The van der Waals surface area contributed by atoms with E-state index >= 15 is 8.63 Å². The summed E-state index contributed by atoms with van der Waals surface area (Å²) in [4.78, 5) is 121. The molecule has 1 saturated heterocycles. The fraction of sp³-hybridized carbons (Fsp3) is 0.524. The van der Waals surface area contributed by atoms with Crippen LogP contribution in [0.1, 0.15) is 116 Å². The zero-order chi connectivity index (χ0) is 50.0. The van der Waals surface area contributed by atoms with Crippen LogP contribution in [0.15, 0.2) is 41.1 Å². The van der Waals surface area contributed by atoms with Gasteiger partial charge >= 0.3 is 28.6 Å². The van der Waals surface area contributed by atoms with Crippen LogP contribution in [0.4, 0.5) is 8.63 Å². The molecule has 3 aliphatic rings. The summed E-state index contributed by atoms with van der Waals surface area (Å²) in [7, 11) is -10.7. The molecule has 0 radical (unpaired) electrons. The third-order valence-corrected chi connectivity index (χ3v) is 16.9. The minimum Gasteiger partial charge on any atom is -0.368 e. The first kappa shape index (κ1) is 53.1. The van der Waals surface area contributed by atoms with E-state index in [1.54, 1.807) is 19.1 Å². The summed E-state index contributed by atoms with van der Waals surface area (Å²) in [5.74, 6) is -3.96. The zero-order valence-corrected chi connectivity index (χ0v) is 39.9. The van der Waals surface area contributed by atoms with Gasteiger partial charge in [-0.3, -0.25) is 46.2 Å². The van der Waals surface area contributed by atoms with Crippen LogP contribution in [-0.2, 0) is 44.4 Å². The van der Waals surface area contributed by atoms with Gasteiger partial charge in [0.25, 0.3) is 16.9 Å². The summed E-state index contributed by atoms with van der Waals surface area (Å²) in [6.07, 6.45) is -0.851. The van der Waals surface area contributed by atoms with Gasteiger partial charge in [0, 0.05) is 56.5 Å². The molecular formula is C42H58BF2N6O14P2+. The number of hydrogen-bond acceptors (Lipinski definition) is 10. The van der Waals surface area contributed by atoms with Crippen molar-refractivity contribution in [3.63, 3.8) is 0 Å². The average Bonchev–Trinajstić information content (AvgIpc) is 3.75. The number of likely N-dealkylation sites (N-methyl/N-ethyl adjacent to an activating group) is 1. The largest absolute Gasteiger partial charge is 0.677 e. The van der Waals surface area contributed by atoms with Gasteiger partial charge in [0.15, 0.2) is 0 Å². The number of imide groups is 1. The molecule has 366 valence electrons. The van der Waals surface area contributed by atoms with Crippen molar-refractivity contribution in [2.75, 3.05) is 27.2 Å². The highest BCUT2D eigenvalue weighted by molar-refractivity contribution is 7.72. The van der Waals surface area contributed by atoms with Crippen LogP contribution in [-0.4, -0.2) is 126 Å². The lowest BCUT2D eigenvalue weighted by Gasteiger charge is -2.34. The van der Waals surface area contributed by atoms with Gasteiger partial charge < -0.3 is 49.9 Å². The number of carbonyl (C=O) groups is 6. The number of aliphatic hydroxyl groups is 1. The maximum Gasteiger partial charge on any atom is 0.677 e. The summed E-state index contributed by atoms with van der Waals surface area (Å²) in [6, 6.07) is 4.49. The second-order valence-corrected chi connectivity index (χ2v) is 21.5. The summed E-state index contributed by atoms with van der Waals surface area (Å²) in [5, 5.41) is 15.0. The van der Waals surface area contributed by atoms with E-state index in [0.29, 0.717) is 52.3 Å². The number of halogens is 2. The van der Waals surface area contributed by atoms with E-state index < -0.39 is 82.7 Å². The zero-order valence-electron chi connectivity index (χ0n) is 38.1. The standard InChI is InChI=1S/C42H57BF2N6O14P2/c1-24-30-15-18-34(53)48-32(40(56)47-23-9-21-42(58,66(59,60)61)67(62,63)64)10-7-8-22-46-33(52)17-16-31-25(2)39(51(5,6)27(31)4)37(38(24)49(26(30)3)43(44)45)28-11-13-29(14-12-28)41(57)65-50-35(54)19-20-36(50)55/h11-14,27,32,58H,7-10,15-23H2,1-6H3,(H6-,46,47,48,52,53,56,59,60,61,62,63,64)/p+1. The van der Waals surface area contributed by atoms with E-state index in [-0.39, 0.29) is 78.5 Å². The third-order valence-electron chi connectivity index (χ3n) is 13.0. The van der Waals surface area contributed by atoms with Gasteiger partial charge in [-0.25, -0.2) is 4.79 Å². The molecule has 2 atom stereocenters. The average molecular weight is 982 g/mol. The van der Waals surface area contributed by atoms with Crippen LogP contribution in [0.25, 0.3) is 5.57 Å². The molecule has 1 fully saturated rings. The fourth-order valence-electron chi connectivity index (χ4n) is 9.07. The molecule has 0 saturated carbocycles. The molecule has 5 amide bonds. The number of benzene rings is 1. The normalized spacial score (nSPS) is 20.5. The molecule has 2 unspecified atom stereocenters. The Balaban J connectivity index is 1.53. The number of nitrogens with zero attached hydrogens (tertiary/aromatic N) is 3. The van der Waals surface area contributed by atoms with Crippen molar-refractivity contribution < 1.29 is 80.5 Å². The summed E-state index contributed by atoms with van der Waals surface area (Å²) >= 11 is 0. The molecule has 4 bridgehead atoms. The van der Waals surface area contributed by atoms with Crippen LogP contribution in [0, 0.1) is 13.8 Å². The topological polar surface area (TPSA) is 291 Å². The predicted molar refractivity (Wildman–Crippen MR) is 238 cm³/mol. The number of hydroxylamine groups is 2. The SMILES string of the molecule is CC1=C2CCC(=O)NCCCCC(C(=O)NCCCC(O)(P(=O)(O)O)P(=O)(O)O)NC(=O)CCc3c(C)c(n(B(F)F)c3C)C(c3ccc(C(=O)ON4C(=O)CCC4=O)cc3)=C1[N+](C)(C)C2C. The van der Waals surface area contributed by atoms with Crippen molar-refractivity contribution in [1.82, 2.24) is 25.5 Å². The van der Waals surface area contributed by atoms with Crippen LogP contribution < -0.4 is 16.0 Å². The monoisotopic (exact) mass is 981 g/mol. The molecule has 2 aromatic rings. The Hall–Kier alpha value is -4.86. The first-order valence-corrected chi connectivity index (χ1v) is 25.0. The predicted octanol–water partition coefficient (Wildman–Crippen LogP) is 3.05. The highest BCUT2D eigenvalue weighted by atomic mass is 31.2. The van der Waals surface area contributed by atoms with Crippen molar-refractivity contribution >= 4 is 63.7 Å². The number of rotatable bonds is 11. The van der Waals surface area contributed by atoms with Crippen molar-refractivity contribution in [3.8, 4) is 0 Å². The number of aromatic nitrogens is 1. The minimum atomic E-state index is -5.73. The molecular weight excluding hydrogens is 923 g/mol. The van der Waals surface area contributed by atoms with Gasteiger partial charge in [-0.1, -0.05) is 12.1 Å². The highest BCUT2D eigenvalue weighted by Gasteiger charge is 2.58. The summed E-state index contributed by atoms with van der Waals surface area (Å²) in [5.41, 5.74) is 4.30. The van der Waals surface area contributed by atoms with Crippen LogP contribution in [0.5, 0.6) is 0 Å². The van der Waals surface area contributed by atoms with Crippen LogP contribution >= 0.6 is 15.2 Å². The Bertz CT molecular complexity index is 2440. The smallest absolute Gasteiger partial charge is 0.368 e. The highest BCUT2D eigenvalue weighted by Crippen LogP contribution is 2.69. The van der Waals surface area contributed by atoms with Crippen molar-refractivity contribution in [3.05, 3.63) is 74.8 Å². The molecule has 3 aliphatic heterocycles. The van der Waals surface area contributed by atoms with E-state index in [1.807, 2.05) is 27.9 Å². The van der Waals surface area contributed by atoms with E-state index in [1.165, 1.54) is 19.1 Å². The van der Waals surface area contributed by atoms with Crippen molar-refractivity contribution in [2.24, 2.45) is 0 Å². The first-order chi connectivity index (χ1) is 31.1. The molecule has 5 rings (SSSR count). The minimum absolute atomic E-state index is 0.0240. The van der Waals surface area contributed by atoms with Crippen molar-refractivity contribution in [1.29, 1.82) is 0 Å². The van der Waals surface area contributed by atoms with Crippen LogP contribution in [0.2, 0.25) is 0 Å². The summed E-state index contributed by atoms with van der Waals surface area (Å²) < 4.78 is 55.8. The number of amides is 5. The Kier molecular flexibility index (Phi) is 16.5. The van der Waals surface area contributed by atoms with Gasteiger partial charge in [0.05, 0.1) is 30.9 Å². The van der Waals surface area contributed by atoms with Gasteiger partial charge in [-0.15, -0.1) is 5.06 Å². The molecule has 25 heteroatoms. The quantitative estimate of drug-likeness (QED) is 0.0528. The van der Waals surface area contributed by atoms with E-state index in [9.17, 15) is 62.6 Å². The number of carbonyl (C=O) groups excluding carboxylic acids is 6. The molecule has 8 N–H and O–H groups in total. The van der Waals surface area contributed by atoms with Gasteiger partial charge in [-0.2, -0.15) is 0 Å². The first-order valence-electron chi connectivity index (χ1n) is 21.8. The molecule has 1 aromatic carbocycles. The molecule has 0 spiro atoms.